The Hall–Kier alpha value is -3.18. The molecule has 5 aromatic rings. The molecule has 0 radical (unpaired) electrons. The maximum atomic E-state index is 13.2. The molecule has 0 fully saturated rings. The van der Waals surface area contributed by atoms with Gasteiger partial charge in [-0.2, -0.15) is 0 Å². The van der Waals surface area contributed by atoms with Gasteiger partial charge in [-0.3, -0.25) is 9.20 Å². The van der Waals surface area contributed by atoms with Crippen LogP contribution < -0.4 is 10.3 Å². The SMILES string of the molecule is COc1ccc(-c2ccc3nc4sc5ccccc5n4c(=O)c3c2)cc1. The summed E-state index contributed by atoms with van der Waals surface area (Å²) in [6.45, 7) is 0. The first-order valence-corrected chi connectivity index (χ1v) is 9.05. The van der Waals surface area contributed by atoms with Crippen molar-refractivity contribution in [3.63, 3.8) is 0 Å². The zero-order chi connectivity index (χ0) is 17.7. The van der Waals surface area contributed by atoms with Crippen molar-refractivity contribution in [3.05, 3.63) is 77.1 Å². The van der Waals surface area contributed by atoms with Crippen LogP contribution in [0.1, 0.15) is 0 Å². The van der Waals surface area contributed by atoms with Gasteiger partial charge in [-0.05, 0) is 47.5 Å². The Kier molecular flexibility index (Phi) is 3.30. The summed E-state index contributed by atoms with van der Waals surface area (Å²) in [6, 6.07) is 21.5. The van der Waals surface area contributed by atoms with Gasteiger partial charge >= 0.3 is 0 Å². The highest BCUT2D eigenvalue weighted by atomic mass is 32.1. The van der Waals surface area contributed by atoms with Gasteiger partial charge in [0.2, 0.25) is 0 Å². The van der Waals surface area contributed by atoms with E-state index >= 15 is 0 Å². The molecule has 26 heavy (non-hydrogen) atoms. The number of para-hydroxylation sites is 1. The molecule has 2 heterocycles. The first-order chi connectivity index (χ1) is 12.7. The van der Waals surface area contributed by atoms with Gasteiger partial charge in [0.05, 0.1) is 28.2 Å². The van der Waals surface area contributed by atoms with Crippen LogP contribution >= 0.6 is 11.3 Å². The summed E-state index contributed by atoms with van der Waals surface area (Å²) in [5, 5.41) is 0.624. The average Bonchev–Trinajstić information content (AvgIpc) is 3.06. The summed E-state index contributed by atoms with van der Waals surface area (Å²) >= 11 is 1.53. The topological polar surface area (TPSA) is 43.6 Å². The number of thiazole rings is 1. The van der Waals surface area contributed by atoms with E-state index in [1.165, 1.54) is 11.3 Å². The third-order valence-corrected chi connectivity index (χ3v) is 5.59. The van der Waals surface area contributed by atoms with Crippen LogP contribution in [0.4, 0.5) is 0 Å². The minimum Gasteiger partial charge on any atom is -0.497 e. The lowest BCUT2D eigenvalue weighted by Gasteiger charge is -2.06. The summed E-state index contributed by atoms with van der Waals surface area (Å²) in [7, 11) is 1.65. The van der Waals surface area contributed by atoms with Crippen LogP contribution in [0, 0.1) is 0 Å². The highest BCUT2D eigenvalue weighted by Crippen LogP contribution is 2.27. The van der Waals surface area contributed by atoms with Gasteiger partial charge in [0.15, 0.2) is 4.96 Å². The monoisotopic (exact) mass is 358 g/mol. The first kappa shape index (κ1) is 15.1. The number of ether oxygens (including phenoxy) is 1. The van der Waals surface area contributed by atoms with E-state index in [0.717, 1.165) is 37.6 Å². The molecule has 0 aliphatic rings. The van der Waals surface area contributed by atoms with E-state index < -0.39 is 0 Å². The van der Waals surface area contributed by atoms with Crippen molar-refractivity contribution in [2.24, 2.45) is 0 Å². The zero-order valence-corrected chi connectivity index (χ0v) is 14.8. The van der Waals surface area contributed by atoms with Crippen molar-refractivity contribution in [2.75, 3.05) is 7.11 Å². The van der Waals surface area contributed by atoms with Crippen LogP contribution in [0.15, 0.2) is 71.5 Å². The number of aromatic nitrogens is 2. The zero-order valence-electron chi connectivity index (χ0n) is 14.0. The Morgan fingerprint density at radius 3 is 2.54 bits per heavy atom. The van der Waals surface area contributed by atoms with Crippen LogP contribution in [0.5, 0.6) is 5.75 Å². The van der Waals surface area contributed by atoms with Crippen molar-refractivity contribution in [1.82, 2.24) is 9.38 Å². The van der Waals surface area contributed by atoms with Crippen LogP contribution in [0.25, 0.3) is 37.2 Å². The standard InChI is InChI=1S/C21H14N2O2S/c1-25-15-9-6-13(7-10-15)14-8-11-17-16(12-14)20(24)23-18-4-2-3-5-19(18)26-21(23)22-17/h2-12H,1H3. The largest absolute Gasteiger partial charge is 0.497 e. The lowest BCUT2D eigenvalue weighted by Crippen LogP contribution is -2.13. The molecule has 5 rings (SSSR count). The van der Waals surface area contributed by atoms with Crippen LogP contribution in [0.2, 0.25) is 0 Å². The molecule has 4 nitrogen and oxygen atoms in total. The van der Waals surface area contributed by atoms with Gasteiger partial charge in [-0.1, -0.05) is 41.7 Å². The van der Waals surface area contributed by atoms with E-state index in [1.54, 1.807) is 11.5 Å². The molecule has 0 bridgehead atoms. The third-order valence-electron chi connectivity index (χ3n) is 4.57. The molecule has 0 unspecified atom stereocenters. The quantitative estimate of drug-likeness (QED) is 0.458. The molecule has 2 aromatic heterocycles. The van der Waals surface area contributed by atoms with Gasteiger partial charge in [0.1, 0.15) is 5.75 Å². The molecular weight excluding hydrogens is 344 g/mol. The molecule has 0 N–H and O–H groups in total. The second-order valence-corrected chi connectivity index (χ2v) is 7.07. The maximum absolute atomic E-state index is 13.2. The second kappa shape index (κ2) is 5.68. The molecule has 0 amide bonds. The number of fused-ring (bicyclic) bond motifs is 4. The highest BCUT2D eigenvalue weighted by molar-refractivity contribution is 7.23. The Bertz CT molecular complexity index is 1330. The fraction of sp³-hybridized carbons (Fsp3) is 0.0476. The second-order valence-electron chi connectivity index (χ2n) is 6.07. The van der Waals surface area contributed by atoms with Crippen LogP contribution in [-0.2, 0) is 0 Å². The van der Waals surface area contributed by atoms with Gasteiger partial charge < -0.3 is 4.74 Å². The molecule has 5 heteroatoms. The lowest BCUT2D eigenvalue weighted by atomic mass is 10.0. The molecule has 0 atom stereocenters. The van der Waals surface area contributed by atoms with Gasteiger partial charge in [0, 0.05) is 0 Å². The van der Waals surface area contributed by atoms with Gasteiger partial charge in [0.25, 0.3) is 5.56 Å². The van der Waals surface area contributed by atoms with Crippen molar-refractivity contribution in [3.8, 4) is 16.9 Å². The number of rotatable bonds is 2. The number of hydrogen-bond donors (Lipinski definition) is 0. The summed E-state index contributed by atoms with van der Waals surface area (Å²) in [4.78, 5) is 18.6. The summed E-state index contributed by atoms with van der Waals surface area (Å²) in [5.74, 6) is 0.808. The highest BCUT2D eigenvalue weighted by Gasteiger charge is 2.12. The Morgan fingerprint density at radius 2 is 1.73 bits per heavy atom. The number of benzene rings is 3. The predicted molar refractivity (Wildman–Crippen MR) is 106 cm³/mol. The van der Waals surface area contributed by atoms with E-state index in [2.05, 4.69) is 0 Å². The third kappa shape index (κ3) is 2.21. The van der Waals surface area contributed by atoms with Crippen molar-refractivity contribution in [1.29, 1.82) is 0 Å². The van der Waals surface area contributed by atoms with E-state index in [4.69, 9.17) is 9.72 Å². The van der Waals surface area contributed by atoms with Crippen LogP contribution in [0.3, 0.4) is 0 Å². The predicted octanol–water partition coefficient (Wildman–Crippen LogP) is 4.74. The lowest BCUT2D eigenvalue weighted by molar-refractivity contribution is 0.415. The summed E-state index contributed by atoms with van der Waals surface area (Å²) < 4.78 is 7.98. The number of hydrogen-bond acceptors (Lipinski definition) is 4. The molecule has 3 aromatic carbocycles. The number of nitrogens with zero attached hydrogens (tertiary/aromatic N) is 2. The summed E-state index contributed by atoms with van der Waals surface area (Å²) in [6.07, 6.45) is 0. The van der Waals surface area contributed by atoms with E-state index in [1.807, 2.05) is 66.7 Å². The molecule has 0 saturated heterocycles. The van der Waals surface area contributed by atoms with Crippen molar-refractivity contribution < 1.29 is 4.74 Å². The normalized spacial score (nSPS) is 11.4. The maximum Gasteiger partial charge on any atom is 0.266 e. The van der Waals surface area contributed by atoms with E-state index in [-0.39, 0.29) is 5.56 Å². The van der Waals surface area contributed by atoms with Crippen molar-refractivity contribution in [2.45, 2.75) is 0 Å². The summed E-state index contributed by atoms with van der Waals surface area (Å²) in [5.41, 5.74) is 3.62. The minimum absolute atomic E-state index is 0.0298. The molecule has 126 valence electrons. The Balaban J connectivity index is 1.79. The van der Waals surface area contributed by atoms with Gasteiger partial charge in [-0.25, -0.2) is 4.98 Å². The van der Waals surface area contributed by atoms with Crippen molar-refractivity contribution >= 4 is 37.4 Å². The molecule has 0 saturated carbocycles. The average molecular weight is 358 g/mol. The molecule has 0 spiro atoms. The smallest absolute Gasteiger partial charge is 0.266 e. The Morgan fingerprint density at radius 1 is 0.962 bits per heavy atom. The number of methoxy groups -OCH3 is 1. The fourth-order valence-corrected chi connectivity index (χ4v) is 4.26. The fourth-order valence-electron chi connectivity index (χ4n) is 3.24. The minimum atomic E-state index is -0.0298. The van der Waals surface area contributed by atoms with Gasteiger partial charge in [-0.15, -0.1) is 0 Å². The van der Waals surface area contributed by atoms with Crippen LogP contribution in [-0.4, -0.2) is 16.5 Å². The molecule has 0 aliphatic carbocycles. The first-order valence-electron chi connectivity index (χ1n) is 8.23. The molecular formula is C21H14N2O2S. The van der Waals surface area contributed by atoms with E-state index in [0.29, 0.717) is 5.39 Å². The molecule has 0 aliphatic heterocycles. The Labute approximate surface area is 152 Å². The van der Waals surface area contributed by atoms with E-state index in [9.17, 15) is 4.79 Å².